The molecule has 0 aliphatic carbocycles. The summed E-state index contributed by atoms with van der Waals surface area (Å²) in [4.78, 5) is 2.25. The SMILES string of the molecule is CCCN(CCC)CC(O)c1ccc(F)c(C)c1. The summed E-state index contributed by atoms with van der Waals surface area (Å²) in [5.74, 6) is -0.218. The molecule has 0 spiro atoms. The van der Waals surface area contributed by atoms with E-state index < -0.39 is 6.10 Å². The highest BCUT2D eigenvalue weighted by Gasteiger charge is 2.13. The van der Waals surface area contributed by atoms with Crippen molar-refractivity contribution in [2.24, 2.45) is 0 Å². The minimum atomic E-state index is -0.539. The molecule has 1 aromatic rings. The zero-order valence-electron chi connectivity index (χ0n) is 11.6. The molecule has 0 aromatic heterocycles. The highest BCUT2D eigenvalue weighted by atomic mass is 19.1. The Kier molecular flexibility index (Phi) is 6.30. The second kappa shape index (κ2) is 7.49. The minimum absolute atomic E-state index is 0.218. The number of hydrogen-bond donors (Lipinski definition) is 1. The predicted octanol–water partition coefficient (Wildman–Crippen LogP) is 3.29. The average molecular weight is 253 g/mol. The van der Waals surface area contributed by atoms with Gasteiger partial charge in [0.1, 0.15) is 5.82 Å². The van der Waals surface area contributed by atoms with E-state index in [1.807, 2.05) is 0 Å². The van der Waals surface area contributed by atoms with Crippen molar-refractivity contribution in [3.05, 3.63) is 35.1 Å². The Labute approximate surface area is 109 Å². The van der Waals surface area contributed by atoms with Crippen LogP contribution in [0.15, 0.2) is 18.2 Å². The number of halogens is 1. The van der Waals surface area contributed by atoms with Crippen LogP contribution in [0.5, 0.6) is 0 Å². The van der Waals surface area contributed by atoms with Gasteiger partial charge >= 0.3 is 0 Å². The fourth-order valence-electron chi connectivity index (χ4n) is 2.15. The number of aliphatic hydroxyl groups is 1. The molecule has 18 heavy (non-hydrogen) atoms. The van der Waals surface area contributed by atoms with Gasteiger partial charge in [0.25, 0.3) is 0 Å². The first-order chi connectivity index (χ1) is 8.58. The van der Waals surface area contributed by atoms with Crippen molar-refractivity contribution in [3.8, 4) is 0 Å². The maximum atomic E-state index is 13.2. The molecule has 102 valence electrons. The summed E-state index contributed by atoms with van der Waals surface area (Å²) in [7, 11) is 0. The van der Waals surface area contributed by atoms with Crippen molar-refractivity contribution in [2.45, 2.75) is 39.7 Å². The summed E-state index contributed by atoms with van der Waals surface area (Å²) in [5, 5.41) is 10.2. The van der Waals surface area contributed by atoms with Gasteiger partial charge in [-0.15, -0.1) is 0 Å². The van der Waals surface area contributed by atoms with Crippen LogP contribution in [0.4, 0.5) is 4.39 Å². The summed E-state index contributed by atoms with van der Waals surface area (Å²) in [5.41, 5.74) is 1.38. The van der Waals surface area contributed by atoms with Gasteiger partial charge in [0.2, 0.25) is 0 Å². The molecular weight excluding hydrogens is 229 g/mol. The van der Waals surface area contributed by atoms with Gasteiger partial charge in [0.15, 0.2) is 0 Å². The molecule has 0 heterocycles. The van der Waals surface area contributed by atoms with Gasteiger partial charge in [0, 0.05) is 6.54 Å². The van der Waals surface area contributed by atoms with Gasteiger partial charge in [-0.2, -0.15) is 0 Å². The molecule has 0 aliphatic rings. The molecule has 0 aliphatic heterocycles. The smallest absolute Gasteiger partial charge is 0.126 e. The predicted molar refractivity (Wildman–Crippen MR) is 73.1 cm³/mol. The van der Waals surface area contributed by atoms with Crippen LogP contribution in [0.25, 0.3) is 0 Å². The fraction of sp³-hybridized carbons (Fsp3) is 0.600. The second-order valence-electron chi connectivity index (χ2n) is 4.83. The number of nitrogens with zero attached hydrogens (tertiary/aromatic N) is 1. The maximum absolute atomic E-state index is 13.2. The van der Waals surface area contributed by atoms with E-state index in [-0.39, 0.29) is 5.82 Å². The van der Waals surface area contributed by atoms with Crippen LogP contribution in [0.1, 0.15) is 43.9 Å². The zero-order chi connectivity index (χ0) is 13.5. The molecule has 0 fully saturated rings. The lowest BCUT2D eigenvalue weighted by Gasteiger charge is -2.24. The lowest BCUT2D eigenvalue weighted by atomic mass is 10.1. The van der Waals surface area contributed by atoms with E-state index in [1.165, 1.54) is 6.07 Å². The lowest BCUT2D eigenvalue weighted by molar-refractivity contribution is 0.113. The Morgan fingerprint density at radius 3 is 2.33 bits per heavy atom. The summed E-state index contributed by atoms with van der Waals surface area (Å²) in [6, 6.07) is 4.83. The van der Waals surface area contributed by atoms with Crippen LogP contribution in [-0.2, 0) is 0 Å². The van der Waals surface area contributed by atoms with Crippen molar-refractivity contribution in [2.75, 3.05) is 19.6 Å². The quantitative estimate of drug-likeness (QED) is 0.806. The monoisotopic (exact) mass is 253 g/mol. The number of rotatable bonds is 7. The largest absolute Gasteiger partial charge is 0.387 e. The van der Waals surface area contributed by atoms with Crippen LogP contribution in [0, 0.1) is 12.7 Å². The van der Waals surface area contributed by atoms with E-state index in [1.54, 1.807) is 19.1 Å². The first-order valence-electron chi connectivity index (χ1n) is 6.75. The van der Waals surface area contributed by atoms with Crippen molar-refractivity contribution in [3.63, 3.8) is 0 Å². The van der Waals surface area contributed by atoms with Gasteiger partial charge in [0.05, 0.1) is 6.10 Å². The van der Waals surface area contributed by atoms with Gasteiger partial charge in [-0.3, -0.25) is 0 Å². The molecule has 1 N–H and O–H groups in total. The molecule has 2 nitrogen and oxygen atoms in total. The lowest BCUT2D eigenvalue weighted by Crippen LogP contribution is -2.30. The number of hydrogen-bond acceptors (Lipinski definition) is 2. The number of aryl methyl sites for hydroxylation is 1. The maximum Gasteiger partial charge on any atom is 0.126 e. The standard InChI is InChI=1S/C15H24FNO/c1-4-8-17(9-5-2)11-15(18)13-6-7-14(16)12(3)10-13/h6-7,10,15,18H,4-5,8-9,11H2,1-3H3. The van der Waals surface area contributed by atoms with Crippen molar-refractivity contribution >= 4 is 0 Å². The summed E-state index contributed by atoms with van der Waals surface area (Å²) >= 11 is 0. The van der Waals surface area contributed by atoms with Crippen LogP contribution in [0.3, 0.4) is 0 Å². The minimum Gasteiger partial charge on any atom is -0.387 e. The van der Waals surface area contributed by atoms with Crippen molar-refractivity contribution in [1.82, 2.24) is 4.90 Å². The van der Waals surface area contributed by atoms with Crippen LogP contribution < -0.4 is 0 Å². The molecule has 3 heteroatoms. The van der Waals surface area contributed by atoms with Crippen molar-refractivity contribution in [1.29, 1.82) is 0 Å². The molecule has 0 radical (unpaired) electrons. The summed E-state index contributed by atoms with van der Waals surface area (Å²) < 4.78 is 13.2. The van der Waals surface area contributed by atoms with Crippen LogP contribution in [-0.4, -0.2) is 29.6 Å². The molecule has 0 amide bonds. The van der Waals surface area contributed by atoms with Gasteiger partial charge < -0.3 is 10.0 Å². The van der Waals surface area contributed by atoms with Gasteiger partial charge in [-0.05, 0) is 50.0 Å². The van der Waals surface area contributed by atoms with E-state index in [0.717, 1.165) is 31.5 Å². The number of aliphatic hydroxyl groups excluding tert-OH is 1. The van der Waals surface area contributed by atoms with E-state index in [2.05, 4.69) is 18.7 Å². The van der Waals surface area contributed by atoms with E-state index in [4.69, 9.17) is 0 Å². The van der Waals surface area contributed by atoms with Gasteiger partial charge in [-0.25, -0.2) is 4.39 Å². The Bertz CT molecular complexity index is 362. The van der Waals surface area contributed by atoms with E-state index in [0.29, 0.717) is 12.1 Å². The highest BCUT2D eigenvalue weighted by Crippen LogP contribution is 2.18. The Hall–Kier alpha value is -0.930. The van der Waals surface area contributed by atoms with E-state index in [9.17, 15) is 9.50 Å². The molecule has 1 aromatic carbocycles. The number of benzene rings is 1. The Morgan fingerprint density at radius 2 is 1.83 bits per heavy atom. The highest BCUT2D eigenvalue weighted by molar-refractivity contribution is 5.25. The Morgan fingerprint density at radius 1 is 1.22 bits per heavy atom. The normalized spacial score (nSPS) is 13.0. The topological polar surface area (TPSA) is 23.5 Å². The third kappa shape index (κ3) is 4.39. The molecule has 1 unspecified atom stereocenters. The molecule has 1 atom stereocenters. The first-order valence-corrected chi connectivity index (χ1v) is 6.75. The summed E-state index contributed by atoms with van der Waals surface area (Å²) in [6.07, 6.45) is 1.62. The molecular formula is C15H24FNO. The molecule has 0 saturated heterocycles. The average Bonchev–Trinajstić information content (AvgIpc) is 2.33. The molecule has 0 saturated carbocycles. The fourth-order valence-corrected chi connectivity index (χ4v) is 2.15. The van der Waals surface area contributed by atoms with Crippen LogP contribution in [0.2, 0.25) is 0 Å². The third-order valence-electron chi connectivity index (χ3n) is 3.08. The first kappa shape index (κ1) is 15.1. The molecule has 1 rings (SSSR count). The van der Waals surface area contributed by atoms with Crippen molar-refractivity contribution < 1.29 is 9.50 Å². The Balaban J connectivity index is 2.67. The zero-order valence-corrected chi connectivity index (χ0v) is 11.6. The van der Waals surface area contributed by atoms with Crippen LogP contribution >= 0.6 is 0 Å². The third-order valence-corrected chi connectivity index (χ3v) is 3.08. The summed E-state index contributed by atoms with van der Waals surface area (Å²) in [6.45, 7) is 8.60. The molecule has 0 bridgehead atoms. The van der Waals surface area contributed by atoms with Gasteiger partial charge in [-0.1, -0.05) is 26.0 Å². The second-order valence-corrected chi connectivity index (χ2v) is 4.83. The van der Waals surface area contributed by atoms with E-state index >= 15 is 0 Å².